The molecule has 0 fully saturated rings. The predicted molar refractivity (Wildman–Crippen MR) is 217 cm³/mol. The summed E-state index contributed by atoms with van der Waals surface area (Å²) in [5, 5.41) is -4.19. The van der Waals surface area contributed by atoms with E-state index in [-0.39, 0.29) is 0 Å². The Bertz CT molecular complexity index is 4870. The molecule has 0 aliphatic rings. The zero-order valence-electron chi connectivity index (χ0n) is 55.8. The Balaban J connectivity index is 1.46. The van der Waals surface area contributed by atoms with E-state index in [0.717, 1.165) is 9.13 Å². The van der Waals surface area contributed by atoms with Crippen LogP contribution in [-0.4, -0.2) is 19.1 Å². The minimum atomic E-state index is -1.01. The standard InChI is InChI=1S/C48H30N4/c1-3-13-31(14-4-1)34-25-26-37-40(30-34)49-48(50-47(37)35-24-23-32-15-7-8-16-33(32)29-35)52-42-22-12-10-20-39(42)46-44(52)28-27-43-45(46)38-19-9-11-21-41(38)51(43)36-17-5-2-6-18-36/h1-30H/i1D,2D,3D,4D,5D,6D,7D,8D,9D,10D,11D,12D,13D,14D,15D,16D,17D,18D,19D,20D,21D,22D,23D,24D,25D,26D,27D,28D,29D,30D. The van der Waals surface area contributed by atoms with Crippen LogP contribution in [0.25, 0.3) is 99.3 Å². The van der Waals surface area contributed by atoms with Crippen molar-refractivity contribution in [2.24, 2.45) is 0 Å². The molecule has 0 N–H and O–H groups in total. The van der Waals surface area contributed by atoms with Crippen LogP contribution in [0.5, 0.6) is 0 Å². The Kier molecular flexibility index (Phi) is 2.60. The van der Waals surface area contributed by atoms with Gasteiger partial charge in [0.05, 0.1) is 74.4 Å². The number of hydrogen-bond donors (Lipinski definition) is 0. The number of rotatable bonds is 4. The highest BCUT2D eigenvalue weighted by Gasteiger charge is 2.22. The Morgan fingerprint density at radius 2 is 0.981 bits per heavy atom. The number of fused-ring (bicyclic) bond motifs is 9. The molecule has 4 nitrogen and oxygen atoms in total. The average molecular weight is 693 g/mol. The first kappa shape index (κ1) is 12.0. The van der Waals surface area contributed by atoms with Gasteiger partial charge in [0.25, 0.3) is 0 Å². The molecule has 0 aliphatic carbocycles. The summed E-state index contributed by atoms with van der Waals surface area (Å²) in [5.74, 6) is -0.950. The Morgan fingerprint density at radius 1 is 0.385 bits per heavy atom. The lowest BCUT2D eigenvalue weighted by Gasteiger charge is -2.13. The molecule has 4 heteroatoms. The zero-order valence-corrected chi connectivity index (χ0v) is 25.8. The molecular formula is C48H30N4. The van der Waals surface area contributed by atoms with Gasteiger partial charge in [0.15, 0.2) is 0 Å². The van der Waals surface area contributed by atoms with Crippen molar-refractivity contribution in [1.29, 1.82) is 0 Å². The van der Waals surface area contributed by atoms with E-state index in [1.54, 1.807) is 0 Å². The van der Waals surface area contributed by atoms with Gasteiger partial charge in [-0.3, -0.25) is 4.57 Å². The van der Waals surface area contributed by atoms with Crippen LogP contribution in [0.3, 0.4) is 0 Å². The molecule has 3 aromatic heterocycles. The highest BCUT2D eigenvalue weighted by molar-refractivity contribution is 6.28. The maximum Gasteiger partial charge on any atom is 0.235 e. The number of para-hydroxylation sites is 3. The molecule has 0 radical (unpaired) electrons. The number of hydrogen-bond acceptors (Lipinski definition) is 2. The fraction of sp³-hybridized carbons (Fsp3) is 0. The lowest BCUT2D eigenvalue weighted by molar-refractivity contribution is 1.01. The van der Waals surface area contributed by atoms with Gasteiger partial charge in [0.1, 0.15) is 0 Å². The van der Waals surface area contributed by atoms with Gasteiger partial charge in [-0.05, 0) is 76.3 Å². The molecule has 242 valence electrons. The van der Waals surface area contributed by atoms with E-state index in [1.807, 2.05) is 0 Å². The average Bonchev–Trinajstić information content (AvgIpc) is 1.56. The molecule has 0 spiro atoms. The van der Waals surface area contributed by atoms with Crippen LogP contribution in [0.2, 0.25) is 0 Å². The Morgan fingerprint density at radius 3 is 1.73 bits per heavy atom. The third kappa shape index (κ3) is 4.28. The van der Waals surface area contributed by atoms with Gasteiger partial charge in [-0.25, -0.2) is 9.97 Å². The van der Waals surface area contributed by atoms with Gasteiger partial charge < -0.3 is 4.57 Å². The van der Waals surface area contributed by atoms with Crippen LogP contribution in [0.1, 0.15) is 41.1 Å². The van der Waals surface area contributed by atoms with Crippen LogP contribution in [0.4, 0.5) is 0 Å². The van der Waals surface area contributed by atoms with Crippen molar-refractivity contribution in [1.82, 2.24) is 19.1 Å². The predicted octanol–water partition coefficient (Wildman–Crippen LogP) is 12.3. The van der Waals surface area contributed by atoms with Crippen molar-refractivity contribution in [3.8, 4) is 34.0 Å². The molecule has 0 bridgehead atoms. The van der Waals surface area contributed by atoms with E-state index in [1.165, 1.54) is 0 Å². The summed E-state index contributed by atoms with van der Waals surface area (Å²) in [6.07, 6.45) is 0. The van der Waals surface area contributed by atoms with Crippen LogP contribution < -0.4 is 0 Å². The number of benzene rings is 8. The summed E-state index contributed by atoms with van der Waals surface area (Å²) in [7, 11) is 0. The van der Waals surface area contributed by atoms with Gasteiger partial charge in [-0.15, -0.1) is 0 Å². The van der Waals surface area contributed by atoms with E-state index in [0.29, 0.717) is 0 Å². The van der Waals surface area contributed by atoms with E-state index in [2.05, 4.69) is 9.97 Å². The molecule has 11 rings (SSSR count). The largest absolute Gasteiger partial charge is 0.309 e. The second-order valence-corrected chi connectivity index (χ2v) is 11.1. The Hall–Kier alpha value is -7.04. The first-order valence-corrected chi connectivity index (χ1v) is 15.2. The first-order valence-electron chi connectivity index (χ1n) is 30.2. The summed E-state index contributed by atoms with van der Waals surface area (Å²) in [5.41, 5.74) is -7.50. The highest BCUT2D eigenvalue weighted by atomic mass is 15.2. The molecule has 52 heavy (non-hydrogen) atoms. The van der Waals surface area contributed by atoms with Gasteiger partial charge in [0.2, 0.25) is 5.95 Å². The van der Waals surface area contributed by atoms with Crippen LogP contribution in [-0.2, 0) is 0 Å². The fourth-order valence-corrected chi connectivity index (χ4v) is 6.23. The highest BCUT2D eigenvalue weighted by Crippen LogP contribution is 2.42. The minimum Gasteiger partial charge on any atom is -0.309 e. The van der Waals surface area contributed by atoms with E-state index >= 15 is 0 Å². The molecule has 11 aromatic rings. The van der Waals surface area contributed by atoms with Crippen molar-refractivity contribution in [2.75, 3.05) is 0 Å². The van der Waals surface area contributed by atoms with E-state index in [9.17, 15) is 15.1 Å². The summed E-state index contributed by atoms with van der Waals surface area (Å²) in [6.45, 7) is 0. The maximum atomic E-state index is 9.90. The number of nitrogens with zero attached hydrogens (tertiary/aromatic N) is 4. The Labute approximate surface area is 341 Å². The molecule has 0 saturated carbocycles. The summed E-state index contributed by atoms with van der Waals surface area (Å²) in [6, 6.07) is -27.9. The third-order valence-electron chi connectivity index (χ3n) is 8.35. The molecular weight excluding hydrogens is 633 g/mol. The molecule has 8 aromatic carbocycles. The van der Waals surface area contributed by atoms with E-state index in [4.69, 9.17) is 26.0 Å². The van der Waals surface area contributed by atoms with Gasteiger partial charge in [-0.1, -0.05) is 127 Å². The van der Waals surface area contributed by atoms with Crippen molar-refractivity contribution in [3.63, 3.8) is 0 Å². The van der Waals surface area contributed by atoms with Crippen molar-refractivity contribution in [3.05, 3.63) is 181 Å². The molecule has 3 heterocycles. The van der Waals surface area contributed by atoms with Gasteiger partial charge in [0, 0.05) is 38.2 Å². The normalized spacial score (nSPS) is 19.9. The molecule has 0 aliphatic heterocycles. The zero-order chi connectivity index (χ0) is 60.3. The molecule has 0 amide bonds. The van der Waals surface area contributed by atoms with Crippen molar-refractivity contribution >= 4 is 65.3 Å². The van der Waals surface area contributed by atoms with Crippen molar-refractivity contribution < 1.29 is 41.1 Å². The smallest absolute Gasteiger partial charge is 0.235 e. The SMILES string of the molecule is [2H]c1c([2H])c([2H])c(-c2c([2H])c([2H])c3c(-c4c([2H])c([2H])c5c([2H])c([2H])c([2H])c([2H])c5c4[2H])nc(-n4c5c([2H])c([2H])c([2H])c([2H])c5c5c6c7c([2H])c([2H])c([2H])c([2H])c7n(-c7c([2H])c([2H])c([2H])c([2H])c7[2H])c6c([2H])c([2H])c54)nc3c2[2H])c([2H])c1[2H]. The lowest BCUT2D eigenvalue weighted by atomic mass is 9.99. The van der Waals surface area contributed by atoms with Gasteiger partial charge >= 0.3 is 0 Å². The van der Waals surface area contributed by atoms with Crippen molar-refractivity contribution in [2.45, 2.75) is 0 Å². The number of aromatic nitrogens is 4. The summed E-state index contributed by atoms with van der Waals surface area (Å²) >= 11 is 0. The first-order chi connectivity index (χ1) is 38.3. The van der Waals surface area contributed by atoms with E-state index < -0.39 is 281 Å². The second kappa shape index (κ2) is 11.2. The molecule has 0 atom stereocenters. The topological polar surface area (TPSA) is 35.6 Å². The maximum absolute atomic E-state index is 9.90. The second-order valence-electron chi connectivity index (χ2n) is 11.1. The fourth-order valence-electron chi connectivity index (χ4n) is 6.23. The molecule has 0 unspecified atom stereocenters. The minimum absolute atomic E-state index is 0.513. The third-order valence-corrected chi connectivity index (χ3v) is 8.35. The van der Waals surface area contributed by atoms with Crippen LogP contribution in [0, 0.1) is 0 Å². The van der Waals surface area contributed by atoms with Crippen LogP contribution >= 0.6 is 0 Å². The molecule has 0 saturated heterocycles. The summed E-state index contributed by atoms with van der Waals surface area (Å²) in [4.78, 5) is 9.25. The summed E-state index contributed by atoms with van der Waals surface area (Å²) < 4.78 is 271. The van der Waals surface area contributed by atoms with Gasteiger partial charge in [-0.2, -0.15) is 0 Å². The quantitative estimate of drug-likeness (QED) is 0.184. The monoisotopic (exact) mass is 692 g/mol. The van der Waals surface area contributed by atoms with Crippen LogP contribution in [0.15, 0.2) is 181 Å². The lowest BCUT2D eigenvalue weighted by Crippen LogP contribution is -2.03.